The number of methoxy groups -OCH3 is 1. The Morgan fingerprint density at radius 1 is 1.27 bits per heavy atom. The first-order chi connectivity index (χ1) is 14.4. The van der Waals surface area contributed by atoms with E-state index >= 15 is 0 Å². The van der Waals surface area contributed by atoms with E-state index in [2.05, 4.69) is 4.57 Å². The number of aliphatic hydroxyl groups excluding tert-OH is 1. The number of carboxylic acid groups (broad SMARTS) is 1. The summed E-state index contributed by atoms with van der Waals surface area (Å²) in [5.41, 5.74) is 9.43. The molecule has 3 aromatic rings. The van der Waals surface area contributed by atoms with Crippen LogP contribution in [0.3, 0.4) is 0 Å². The first-order valence-electron chi connectivity index (χ1n) is 9.89. The monoisotopic (exact) mass is 408 g/mol. The number of nitrogens with zero attached hydrogens (tertiary/aromatic N) is 1. The molecule has 156 valence electrons. The molecule has 1 aliphatic rings. The van der Waals surface area contributed by atoms with Crippen LogP contribution in [-0.4, -0.2) is 33.8 Å². The molecule has 4 N–H and O–H groups in total. The number of hydrogen-bond acceptors (Lipinski definition) is 4. The van der Waals surface area contributed by atoms with Crippen molar-refractivity contribution in [3.63, 3.8) is 0 Å². The minimum atomic E-state index is -1.74. The zero-order valence-corrected chi connectivity index (χ0v) is 16.7. The highest BCUT2D eigenvalue weighted by molar-refractivity contribution is 5.98. The van der Waals surface area contributed by atoms with E-state index in [-0.39, 0.29) is 5.56 Å². The Kier molecular flexibility index (Phi) is 5.22. The van der Waals surface area contributed by atoms with E-state index in [0.29, 0.717) is 24.1 Å². The number of hydrogen-bond donors (Lipinski definition) is 3. The van der Waals surface area contributed by atoms with E-state index < -0.39 is 23.9 Å². The van der Waals surface area contributed by atoms with Gasteiger partial charge in [-0.15, -0.1) is 0 Å². The van der Waals surface area contributed by atoms with Gasteiger partial charge in [0.1, 0.15) is 5.75 Å². The van der Waals surface area contributed by atoms with Crippen LogP contribution in [0.5, 0.6) is 5.75 Å². The zero-order chi connectivity index (χ0) is 21.4. The number of fused-ring (bicyclic) bond motifs is 3. The van der Waals surface area contributed by atoms with Gasteiger partial charge in [-0.05, 0) is 36.5 Å². The molecule has 0 radical (unpaired) electrons. The molecule has 0 bridgehead atoms. The number of aromatic nitrogens is 1. The molecule has 2 unspecified atom stereocenters. The Morgan fingerprint density at radius 3 is 2.63 bits per heavy atom. The first-order valence-corrected chi connectivity index (χ1v) is 9.89. The van der Waals surface area contributed by atoms with Gasteiger partial charge in [-0.1, -0.05) is 30.3 Å². The van der Waals surface area contributed by atoms with Crippen LogP contribution in [0.25, 0.3) is 10.9 Å². The van der Waals surface area contributed by atoms with E-state index in [1.54, 1.807) is 0 Å². The van der Waals surface area contributed by atoms with Crippen LogP contribution in [0.1, 0.15) is 47.2 Å². The van der Waals surface area contributed by atoms with Crippen LogP contribution >= 0.6 is 0 Å². The van der Waals surface area contributed by atoms with Gasteiger partial charge in [0.05, 0.1) is 18.5 Å². The summed E-state index contributed by atoms with van der Waals surface area (Å²) >= 11 is 0. The van der Waals surface area contributed by atoms with Gasteiger partial charge in [0.2, 0.25) is 5.91 Å². The molecule has 2 atom stereocenters. The number of primary amides is 1. The Morgan fingerprint density at radius 2 is 2.00 bits per heavy atom. The van der Waals surface area contributed by atoms with Crippen molar-refractivity contribution in [3.8, 4) is 5.75 Å². The normalized spacial score (nSPS) is 16.8. The Labute approximate surface area is 173 Å². The third kappa shape index (κ3) is 3.31. The molecule has 0 fully saturated rings. The molecular weight excluding hydrogens is 384 g/mol. The van der Waals surface area contributed by atoms with Gasteiger partial charge >= 0.3 is 5.97 Å². The average Bonchev–Trinajstić information content (AvgIpc) is 3.06. The molecule has 30 heavy (non-hydrogen) atoms. The Balaban J connectivity index is 2.07. The Hall–Kier alpha value is -3.32. The lowest BCUT2D eigenvalue weighted by Crippen LogP contribution is -2.25. The number of rotatable bonds is 6. The SMILES string of the molecule is COc1cc(C(O)C(=O)O)c2c3c(n(Cc4ccccc4)c2c1)CCCC3C(N)=O. The summed E-state index contributed by atoms with van der Waals surface area (Å²) in [4.78, 5) is 23.9. The summed E-state index contributed by atoms with van der Waals surface area (Å²) in [6.07, 6.45) is 0.404. The smallest absolute Gasteiger partial charge is 0.337 e. The second-order valence-electron chi connectivity index (χ2n) is 7.63. The molecule has 4 rings (SSSR count). The molecular formula is C23H24N2O5. The molecule has 7 nitrogen and oxygen atoms in total. The molecule has 1 heterocycles. The lowest BCUT2D eigenvalue weighted by Gasteiger charge is -2.23. The second-order valence-corrected chi connectivity index (χ2v) is 7.63. The molecule has 1 aliphatic carbocycles. The maximum Gasteiger partial charge on any atom is 0.337 e. The molecule has 0 aliphatic heterocycles. The third-order valence-electron chi connectivity index (χ3n) is 5.86. The number of aliphatic hydroxyl groups is 1. The summed E-state index contributed by atoms with van der Waals surface area (Å²) in [6, 6.07) is 13.2. The third-order valence-corrected chi connectivity index (χ3v) is 5.86. The molecule has 2 aromatic carbocycles. The summed E-state index contributed by atoms with van der Waals surface area (Å²) in [6.45, 7) is 0.550. The largest absolute Gasteiger partial charge is 0.497 e. The standard InChI is InChI=1S/C23H24N2O5/c1-30-14-10-16(21(26)23(28)29)20-18(11-14)25(12-13-6-3-2-4-7-13)17-9-5-8-15(19(17)20)22(24)27/h2-4,6-7,10-11,15,21,26H,5,8-9,12H2,1H3,(H2,24,27)(H,28,29). The van der Waals surface area contributed by atoms with Crippen molar-refractivity contribution >= 4 is 22.8 Å². The number of carbonyl (C=O) groups is 2. The molecule has 7 heteroatoms. The molecule has 1 aromatic heterocycles. The number of amides is 1. The second kappa shape index (κ2) is 7.84. The summed E-state index contributed by atoms with van der Waals surface area (Å²) < 4.78 is 7.49. The van der Waals surface area contributed by atoms with Crippen LogP contribution in [0, 0.1) is 0 Å². The van der Waals surface area contributed by atoms with Gasteiger partial charge in [0.25, 0.3) is 0 Å². The quantitative estimate of drug-likeness (QED) is 0.580. The average molecular weight is 408 g/mol. The van der Waals surface area contributed by atoms with Gasteiger partial charge in [-0.2, -0.15) is 0 Å². The predicted octanol–water partition coefficient (Wildman–Crippen LogP) is 2.72. The van der Waals surface area contributed by atoms with Gasteiger partial charge < -0.3 is 25.3 Å². The maximum atomic E-state index is 12.3. The van der Waals surface area contributed by atoms with Gasteiger partial charge in [0.15, 0.2) is 6.10 Å². The highest BCUT2D eigenvalue weighted by Crippen LogP contribution is 2.43. The van der Waals surface area contributed by atoms with Crippen molar-refractivity contribution in [1.29, 1.82) is 0 Å². The minimum absolute atomic E-state index is 0.216. The fraction of sp³-hybridized carbons (Fsp3) is 0.304. The summed E-state index contributed by atoms with van der Waals surface area (Å²) in [7, 11) is 1.49. The maximum absolute atomic E-state index is 12.3. The fourth-order valence-electron chi connectivity index (χ4n) is 4.52. The predicted molar refractivity (Wildman–Crippen MR) is 112 cm³/mol. The summed E-state index contributed by atoms with van der Waals surface area (Å²) in [5.74, 6) is -1.89. The number of carboxylic acids is 1. The first kappa shape index (κ1) is 20.0. The topological polar surface area (TPSA) is 115 Å². The molecule has 0 spiro atoms. The number of nitrogens with two attached hydrogens (primary N) is 1. The molecule has 0 saturated carbocycles. The minimum Gasteiger partial charge on any atom is -0.497 e. The number of ether oxygens (including phenoxy) is 1. The molecule has 0 saturated heterocycles. The molecule has 1 amide bonds. The Bertz CT molecular complexity index is 1120. The van der Waals surface area contributed by atoms with Crippen molar-refractivity contribution in [3.05, 3.63) is 64.8 Å². The highest BCUT2D eigenvalue weighted by atomic mass is 16.5. The van der Waals surface area contributed by atoms with Crippen LogP contribution in [0.2, 0.25) is 0 Å². The highest BCUT2D eigenvalue weighted by Gasteiger charge is 2.34. The van der Waals surface area contributed by atoms with Crippen molar-refractivity contribution in [2.75, 3.05) is 7.11 Å². The van der Waals surface area contributed by atoms with Crippen LogP contribution in [0.4, 0.5) is 0 Å². The summed E-state index contributed by atoms with van der Waals surface area (Å²) in [5, 5.41) is 20.5. The van der Waals surface area contributed by atoms with Crippen molar-refractivity contribution in [1.82, 2.24) is 4.57 Å². The number of aliphatic carboxylic acids is 1. The van der Waals surface area contributed by atoms with E-state index in [9.17, 15) is 19.8 Å². The van der Waals surface area contributed by atoms with E-state index in [0.717, 1.165) is 35.2 Å². The van der Waals surface area contributed by atoms with Crippen molar-refractivity contribution < 1.29 is 24.5 Å². The van der Waals surface area contributed by atoms with Crippen molar-refractivity contribution in [2.24, 2.45) is 5.73 Å². The van der Waals surface area contributed by atoms with E-state index in [1.807, 2.05) is 36.4 Å². The lowest BCUT2D eigenvalue weighted by molar-refractivity contribution is -0.146. The number of carbonyl (C=O) groups excluding carboxylic acids is 1. The van der Waals surface area contributed by atoms with Gasteiger partial charge in [-0.3, -0.25) is 4.79 Å². The lowest BCUT2D eigenvalue weighted by atomic mass is 9.83. The zero-order valence-electron chi connectivity index (χ0n) is 16.7. The van der Waals surface area contributed by atoms with Crippen LogP contribution in [0.15, 0.2) is 42.5 Å². The van der Waals surface area contributed by atoms with E-state index in [1.165, 1.54) is 13.2 Å². The van der Waals surface area contributed by atoms with Gasteiger partial charge in [-0.25, -0.2) is 4.79 Å². The van der Waals surface area contributed by atoms with E-state index in [4.69, 9.17) is 10.5 Å². The number of benzene rings is 2. The van der Waals surface area contributed by atoms with Crippen LogP contribution in [-0.2, 0) is 22.6 Å². The van der Waals surface area contributed by atoms with Crippen LogP contribution < -0.4 is 10.5 Å². The van der Waals surface area contributed by atoms with Gasteiger partial charge in [0, 0.05) is 29.3 Å². The van der Waals surface area contributed by atoms with Crippen molar-refractivity contribution in [2.45, 2.75) is 37.8 Å². The fourth-order valence-corrected chi connectivity index (χ4v) is 4.52.